The number of aliphatic carboxylic acids is 1. The van der Waals surface area contributed by atoms with Crippen molar-refractivity contribution in [2.75, 3.05) is 13.2 Å². The van der Waals surface area contributed by atoms with E-state index in [-0.39, 0.29) is 19.3 Å². The second-order valence-corrected chi connectivity index (χ2v) is 3.83. The Hall–Kier alpha value is -1.74. The molecule has 1 heterocycles. The molecule has 1 aliphatic heterocycles. The van der Waals surface area contributed by atoms with E-state index in [1.54, 1.807) is 0 Å². The van der Waals surface area contributed by atoms with Gasteiger partial charge in [-0.25, -0.2) is 4.79 Å². The van der Waals surface area contributed by atoms with E-state index in [1.807, 2.05) is 6.92 Å². The predicted octanol–water partition coefficient (Wildman–Crippen LogP) is -0.203. The zero-order valence-electron chi connectivity index (χ0n) is 9.60. The van der Waals surface area contributed by atoms with Crippen LogP contribution >= 0.6 is 0 Å². The molecule has 1 saturated heterocycles. The quantitative estimate of drug-likeness (QED) is 0.594. The molecule has 3 unspecified atom stereocenters. The highest BCUT2D eigenvalue weighted by Gasteiger charge is 2.35. The van der Waals surface area contributed by atoms with Crippen LogP contribution in [-0.2, 0) is 9.53 Å². The van der Waals surface area contributed by atoms with Gasteiger partial charge in [0, 0.05) is 0 Å². The Labute approximate surface area is 99.7 Å². The van der Waals surface area contributed by atoms with Crippen LogP contribution in [0.1, 0.15) is 13.3 Å². The van der Waals surface area contributed by atoms with Gasteiger partial charge in [-0.3, -0.25) is 4.79 Å². The number of carboxylic acids is 1. The molecule has 6 heteroatoms. The molecule has 0 aliphatic carbocycles. The first-order valence-electron chi connectivity index (χ1n) is 5.42. The minimum Gasteiger partial charge on any atom is -0.481 e. The second-order valence-electron chi connectivity index (χ2n) is 3.83. The Bertz CT molecular complexity index is 337. The van der Waals surface area contributed by atoms with E-state index in [0.717, 1.165) is 0 Å². The van der Waals surface area contributed by atoms with E-state index in [4.69, 9.17) is 16.3 Å². The van der Waals surface area contributed by atoms with Gasteiger partial charge >= 0.3 is 12.0 Å². The van der Waals surface area contributed by atoms with Crippen molar-refractivity contribution in [2.24, 2.45) is 5.92 Å². The third-order valence-corrected chi connectivity index (χ3v) is 2.63. The lowest BCUT2D eigenvalue weighted by atomic mass is 10.0. The molecular formula is C11H16N2O4. The van der Waals surface area contributed by atoms with Gasteiger partial charge < -0.3 is 20.5 Å². The average Bonchev–Trinajstić information content (AvgIpc) is 2.74. The Kier molecular flexibility index (Phi) is 4.79. The van der Waals surface area contributed by atoms with Crippen molar-refractivity contribution in [2.45, 2.75) is 25.4 Å². The highest BCUT2D eigenvalue weighted by molar-refractivity contribution is 5.77. The number of amides is 2. The number of urea groups is 1. The molecule has 0 spiro atoms. The molecule has 0 radical (unpaired) electrons. The first-order valence-corrected chi connectivity index (χ1v) is 5.42. The van der Waals surface area contributed by atoms with E-state index in [9.17, 15) is 9.59 Å². The summed E-state index contributed by atoms with van der Waals surface area (Å²) in [5.41, 5.74) is 0. The SMILES string of the molecule is C#CC(CC)NC(=O)NC1COCC1C(=O)O. The van der Waals surface area contributed by atoms with Crippen molar-refractivity contribution in [3.8, 4) is 12.3 Å². The monoisotopic (exact) mass is 240 g/mol. The standard InChI is InChI=1S/C11H16N2O4/c1-3-7(4-2)12-11(16)13-9-6-17-5-8(9)10(14)15/h1,7-9H,4-6H2,2H3,(H,14,15)(H2,12,13,16). The van der Waals surface area contributed by atoms with Gasteiger partial charge in [-0.05, 0) is 6.42 Å². The topological polar surface area (TPSA) is 87.7 Å². The van der Waals surface area contributed by atoms with Crippen LogP contribution in [0.5, 0.6) is 0 Å². The summed E-state index contributed by atoms with van der Waals surface area (Å²) < 4.78 is 5.03. The van der Waals surface area contributed by atoms with Crippen molar-refractivity contribution < 1.29 is 19.4 Å². The fourth-order valence-corrected chi connectivity index (χ4v) is 1.57. The van der Waals surface area contributed by atoms with Crippen LogP contribution in [0.2, 0.25) is 0 Å². The normalized spacial score (nSPS) is 24.7. The van der Waals surface area contributed by atoms with Gasteiger partial charge in [-0.2, -0.15) is 0 Å². The van der Waals surface area contributed by atoms with Crippen LogP contribution in [0.3, 0.4) is 0 Å². The van der Waals surface area contributed by atoms with E-state index in [1.165, 1.54) is 0 Å². The smallest absolute Gasteiger partial charge is 0.316 e. The zero-order chi connectivity index (χ0) is 12.8. The number of hydrogen-bond donors (Lipinski definition) is 3. The molecule has 94 valence electrons. The molecule has 0 bridgehead atoms. The van der Waals surface area contributed by atoms with Gasteiger partial charge in [0.2, 0.25) is 0 Å². The summed E-state index contributed by atoms with van der Waals surface area (Å²) in [5, 5.41) is 14.0. The minimum atomic E-state index is -0.975. The number of carboxylic acid groups (broad SMARTS) is 1. The van der Waals surface area contributed by atoms with Gasteiger partial charge in [0.25, 0.3) is 0 Å². The number of carbonyl (C=O) groups is 2. The highest BCUT2D eigenvalue weighted by Crippen LogP contribution is 2.13. The average molecular weight is 240 g/mol. The maximum absolute atomic E-state index is 11.5. The molecular weight excluding hydrogens is 224 g/mol. The van der Waals surface area contributed by atoms with Gasteiger partial charge in [-0.1, -0.05) is 12.8 Å². The summed E-state index contributed by atoms with van der Waals surface area (Å²) in [4.78, 5) is 22.4. The number of ether oxygens (including phenoxy) is 1. The Morgan fingerprint density at radius 2 is 2.29 bits per heavy atom. The zero-order valence-corrected chi connectivity index (χ0v) is 9.60. The van der Waals surface area contributed by atoms with Gasteiger partial charge in [0.1, 0.15) is 5.92 Å². The summed E-state index contributed by atoms with van der Waals surface area (Å²) in [6.45, 7) is 2.17. The lowest BCUT2D eigenvalue weighted by Gasteiger charge is -2.18. The fraction of sp³-hybridized carbons (Fsp3) is 0.636. The molecule has 0 aromatic heterocycles. The number of rotatable bonds is 4. The van der Waals surface area contributed by atoms with Crippen molar-refractivity contribution in [3.63, 3.8) is 0 Å². The molecule has 1 fully saturated rings. The van der Waals surface area contributed by atoms with Crippen LogP contribution in [0.4, 0.5) is 4.79 Å². The van der Waals surface area contributed by atoms with Crippen LogP contribution in [0.15, 0.2) is 0 Å². The third-order valence-electron chi connectivity index (χ3n) is 2.63. The summed E-state index contributed by atoms with van der Waals surface area (Å²) in [6.07, 6.45) is 5.82. The number of carbonyl (C=O) groups excluding carboxylic acids is 1. The second kappa shape index (κ2) is 6.11. The van der Waals surface area contributed by atoms with Crippen LogP contribution in [-0.4, -0.2) is 42.4 Å². The Balaban J connectivity index is 2.46. The predicted molar refractivity (Wildman–Crippen MR) is 60.3 cm³/mol. The van der Waals surface area contributed by atoms with E-state index in [0.29, 0.717) is 6.42 Å². The summed E-state index contributed by atoms with van der Waals surface area (Å²) in [6, 6.07) is -1.32. The van der Waals surface area contributed by atoms with Crippen LogP contribution in [0, 0.1) is 18.3 Å². The molecule has 6 nitrogen and oxygen atoms in total. The summed E-state index contributed by atoms with van der Waals surface area (Å²) >= 11 is 0. The summed E-state index contributed by atoms with van der Waals surface area (Å²) in [5.74, 6) is 0.745. The molecule has 3 N–H and O–H groups in total. The lowest BCUT2D eigenvalue weighted by molar-refractivity contribution is -0.142. The molecule has 0 aromatic carbocycles. The molecule has 3 atom stereocenters. The Morgan fingerprint density at radius 1 is 1.59 bits per heavy atom. The molecule has 1 rings (SSSR count). The van der Waals surface area contributed by atoms with Crippen LogP contribution < -0.4 is 10.6 Å². The minimum absolute atomic E-state index is 0.118. The van der Waals surface area contributed by atoms with Crippen molar-refractivity contribution in [1.29, 1.82) is 0 Å². The van der Waals surface area contributed by atoms with Gasteiger partial charge in [0.05, 0.1) is 25.3 Å². The maximum Gasteiger partial charge on any atom is 0.316 e. The fourth-order valence-electron chi connectivity index (χ4n) is 1.57. The molecule has 1 aliphatic rings. The van der Waals surface area contributed by atoms with E-state index >= 15 is 0 Å². The molecule has 17 heavy (non-hydrogen) atoms. The van der Waals surface area contributed by atoms with E-state index in [2.05, 4.69) is 16.6 Å². The number of hydrogen-bond acceptors (Lipinski definition) is 3. The Morgan fingerprint density at radius 3 is 2.82 bits per heavy atom. The van der Waals surface area contributed by atoms with Crippen LogP contribution in [0.25, 0.3) is 0 Å². The first kappa shape index (κ1) is 13.3. The highest BCUT2D eigenvalue weighted by atomic mass is 16.5. The number of nitrogens with one attached hydrogen (secondary N) is 2. The number of terminal acetylenes is 1. The maximum atomic E-state index is 11.5. The van der Waals surface area contributed by atoms with Crippen molar-refractivity contribution in [3.05, 3.63) is 0 Å². The first-order chi connectivity index (χ1) is 8.08. The van der Waals surface area contributed by atoms with E-state index < -0.39 is 24.0 Å². The largest absolute Gasteiger partial charge is 0.481 e. The lowest BCUT2D eigenvalue weighted by Crippen LogP contribution is -2.49. The third kappa shape index (κ3) is 3.64. The molecule has 0 aromatic rings. The van der Waals surface area contributed by atoms with Gasteiger partial charge in [0.15, 0.2) is 0 Å². The molecule has 0 saturated carbocycles. The van der Waals surface area contributed by atoms with Gasteiger partial charge in [-0.15, -0.1) is 6.42 Å². The molecule has 2 amide bonds. The van der Waals surface area contributed by atoms with Crippen molar-refractivity contribution >= 4 is 12.0 Å². The summed E-state index contributed by atoms with van der Waals surface area (Å²) in [7, 11) is 0. The van der Waals surface area contributed by atoms with Crippen molar-refractivity contribution in [1.82, 2.24) is 10.6 Å².